The molecule has 0 amide bonds. The Morgan fingerprint density at radius 2 is 1.95 bits per heavy atom. The van der Waals surface area contributed by atoms with Gasteiger partial charge in [-0.25, -0.2) is 5.48 Å². The second-order valence-electron chi connectivity index (χ2n) is 4.25. The third kappa shape index (κ3) is 3.41. The van der Waals surface area contributed by atoms with E-state index in [2.05, 4.69) is 31.6 Å². The zero-order valence-corrected chi connectivity index (χ0v) is 12.8. The largest absolute Gasteiger partial charge is 0.381 e. The maximum atomic E-state index is 5.32. The molecule has 2 rings (SSSR count). The minimum atomic E-state index is 0.776. The molecule has 1 aliphatic heterocycles. The van der Waals surface area contributed by atoms with Gasteiger partial charge in [0.1, 0.15) is 0 Å². The molecule has 0 bridgehead atoms. The van der Waals surface area contributed by atoms with Crippen LogP contribution in [0.2, 0.25) is 0 Å². The van der Waals surface area contributed by atoms with Crippen molar-refractivity contribution >= 4 is 11.3 Å². The first-order valence-corrected chi connectivity index (χ1v) is 6.89. The molecule has 1 aliphatic rings. The first-order chi connectivity index (χ1) is 9.63. The number of rotatable bonds is 3. The van der Waals surface area contributed by atoms with Gasteiger partial charge < -0.3 is 4.84 Å². The number of hydroxylamine groups is 1. The Morgan fingerprint density at radius 3 is 2.60 bits per heavy atom. The van der Waals surface area contributed by atoms with Crippen molar-refractivity contribution in [2.45, 2.75) is 27.7 Å². The Bertz CT molecular complexity index is 565. The zero-order chi connectivity index (χ0) is 15.1. The van der Waals surface area contributed by atoms with E-state index in [1.54, 1.807) is 0 Å². The van der Waals surface area contributed by atoms with Crippen LogP contribution in [0.1, 0.15) is 38.8 Å². The highest BCUT2D eigenvalue weighted by Crippen LogP contribution is 2.35. The second-order valence-corrected chi connectivity index (χ2v) is 4.25. The molecule has 20 heavy (non-hydrogen) atoms. The van der Waals surface area contributed by atoms with Gasteiger partial charge in [0.15, 0.2) is 5.75 Å². The minimum Gasteiger partial charge on any atom is -0.381 e. The smallest absolute Gasteiger partial charge is 0.165 e. The number of hydrogen-bond acceptors (Lipinski definition) is 2. The number of fused-ring (bicyclic) bond motifs is 1. The van der Waals surface area contributed by atoms with Gasteiger partial charge >= 0.3 is 0 Å². The normalized spacial score (nSPS) is 13.2. The number of hydrogen-bond donors (Lipinski definition) is 1. The first-order valence-electron chi connectivity index (χ1n) is 6.89. The summed E-state index contributed by atoms with van der Waals surface area (Å²) in [6.45, 7) is 16.1. The van der Waals surface area contributed by atoms with E-state index in [9.17, 15) is 0 Å². The van der Waals surface area contributed by atoms with Gasteiger partial charge in [-0.1, -0.05) is 62.9 Å². The summed E-state index contributed by atoms with van der Waals surface area (Å²) in [5, 5.41) is 0. The van der Waals surface area contributed by atoms with Crippen molar-refractivity contribution < 1.29 is 4.84 Å². The van der Waals surface area contributed by atoms with Crippen LogP contribution in [-0.2, 0) is 0 Å². The molecule has 0 spiro atoms. The van der Waals surface area contributed by atoms with Gasteiger partial charge in [-0.15, -0.1) is 0 Å². The zero-order valence-electron chi connectivity index (χ0n) is 12.8. The average Bonchev–Trinajstić information content (AvgIpc) is 2.88. The Labute approximate surface area is 122 Å². The Balaban J connectivity index is 0.000000956. The summed E-state index contributed by atoms with van der Waals surface area (Å²) in [6.07, 6.45) is 6.12. The van der Waals surface area contributed by atoms with Crippen molar-refractivity contribution in [2.75, 3.05) is 0 Å². The molecule has 1 heterocycles. The molecule has 0 saturated carbocycles. The second kappa shape index (κ2) is 7.39. The van der Waals surface area contributed by atoms with Crippen molar-refractivity contribution in [3.05, 3.63) is 66.3 Å². The average molecular weight is 269 g/mol. The van der Waals surface area contributed by atoms with Gasteiger partial charge in [-0.05, 0) is 31.1 Å². The summed E-state index contributed by atoms with van der Waals surface area (Å²) in [5.41, 5.74) is 7.75. The predicted octanol–water partition coefficient (Wildman–Crippen LogP) is 5.12. The van der Waals surface area contributed by atoms with Crippen molar-refractivity contribution in [1.82, 2.24) is 5.48 Å². The Morgan fingerprint density at radius 1 is 1.25 bits per heavy atom. The molecule has 106 valence electrons. The highest BCUT2D eigenvalue weighted by atomic mass is 16.7. The molecule has 0 unspecified atom stereocenters. The number of benzene rings is 1. The summed E-state index contributed by atoms with van der Waals surface area (Å²) >= 11 is 0. The van der Waals surface area contributed by atoms with E-state index in [0.29, 0.717) is 0 Å². The molecule has 2 nitrogen and oxygen atoms in total. The Kier molecular flexibility index (Phi) is 5.85. The molecule has 2 heteroatoms. The standard InChI is InChI=1S/C16H17NO.C2H6/c1-5-11(2)9-10-12(3)14-7-6-8-15-16(14)13(4)17-18-15;1-2/h5-10,17H,3-4H2,1-2H3;1-2H3/b10-9-,11-5-;. The summed E-state index contributed by atoms with van der Waals surface area (Å²) in [6, 6.07) is 5.90. The monoisotopic (exact) mass is 269 g/mol. The van der Waals surface area contributed by atoms with E-state index in [0.717, 1.165) is 28.1 Å². The topological polar surface area (TPSA) is 21.3 Å². The van der Waals surface area contributed by atoms with Crippen LogP contribution < -0.4 is 10.3 Å². The predicted molar refractivity (Wildman–Crippen MR) is 88.2 cm³/mol. The third-order valence-corrected chi connectivity index (χ3v) is 2.96. The van der Waals surface area contributed by atoms with Gasteiger partial charge in [0.25, 0.3) is 0 Å². The lowest BCUT2D eigenvalue weighted by molar-refractivity contribution is 0.272. The summed E-state index contributed by atoms with van der Waals surface area (Å²) in [4.78, 5) is 5.32. The van der Waals surface area contributed by atoms with E-state index >= 15 is 0 Å². The van der Waals surface area contributed by atoms with Gasteiger partial charge in [0.2, 0.25) is 0 Å². The fraction of sp³-hybridized carbons (Fsp3) is 0.222. The van der Waals surface area contributed by atoms with Crippen LogP contribution in [0.5, 0.6) is 5.75 Å². The lowest BCUT2D eigenvalue weighted by atomic mass is 9.98. The van der Waals surface area contributed by atoms with Crippen molar-refractivity contribution in [1.29, 1.82) is 0 Å². The Hall–Kier alpha value is -2.22. The number of nitrogens with one attached hydrogen (secondary N) is 1. The van der Waals surface area contributed by atoms with E-state index in [1.165, 1.54) is 5.57 Å². The molecular weight excluding hydrogens is 246 g/mol. The molecule has 0 saturated heterocycles. The molecule has 0 atom stereocenters. The molecule has 1 N–H and O–H groups in total. The van der Waals surface area contributed by atoms with Crippen LogP contribution in [-0.4, -0.2) is 0 Å². The van der Waals surface area contributed by atoms with Crippen LogP contribution in [0, 0.1) is 0 Å². The first kappa shape index (κ1) is 15.8. The lowest BCUT2D eigenvalue weighted by Crippen LogP contribution is -2.06. The van der Waals surface area contributed by atoms with Crippen LogP contribution in [0.3, 0.4) is 0 Å². The summed E-state index contributed by atoms with van der Waals surface area (Å²) in [7, 11) is 0. The molecule has 0 fully saturated rings. The molecule has 1 aromatic rings. The quantitative estimate of drug-likeness (QED) is 0.769. The van der Waals surface area contributed by atoms with E-state index in [4.69, 9.17) is 4.84 Å². The van der Waals surface area contributed by atoms with Crippen molar-refractivity contribution in [2.24, 2.45) is 0 Å². The van der Waals surface area contributed by atoms with Gasteiger partial charge in [-0.2, -0.15) is 0 Å². The van der Waals surface area contributed by atoms with Gasteiger partial charge in [0, 0.05) is 0 Å². The maximum Gasteiger partial charge on any atom is 0.165 e. The lowest BCUT2D eigenvalue weighted by Gasteiger charge is -2.05. The molecule has 0 radical (unpaired) electrons. The third-order valence-electron chi connectivity index (χ3n) is 2.96. The van der Waals surface area contributed by atoms with Crippen molar-refractivity contribution in [3.8, 4) is 5.75 Å². The van der Waals surface area contributed by atoms with Gasteiger partial charge in [-0.3, -0.25) is 0 Å². The van der Waals surface area contributed by atoms with Crippen molar-refractivity contribution in [3.63, 3.8) is 0 Å². The van der Waals surface area contributed by atoms with Crippen LogP contribution in [0.4, 0.5) is 0 Å². The maximum absolute atomic E-state index is 5.32. The van der Waals surface area contributed by atoms with E-state index in [-0.39, 0.29) is 0 Å². The highest BCUT2D eigenvalue weighted by Gasteiger charge is 2.19. The fourth-order valence-electron chi connectivity index (χ4n) is 1.78. The molecule has 0 aromatic heterocycles. The fourth-order valence-corrected chi connectivity index (χ4v) is 1.78. The van der Waals surface area contributed by atoms with E-state index < -0.39 is 0 Å². The van der Waals surface area contributed by atoms with Gasteiger partial charge in [0.05, 0.1) is 11.3 Å². The number of allylic oxidation sites excluding steroid dienone is 5. The minimum absolute atomic E-state index is 0.776. The van der Waals surface area contributed by atoms with Crippen LogP contribution in [0.15, 0.2) is 55.2 Å². The summed E-state index contributed by atoms with van der Waals surface area (Å²) < 4.78 is 0. The molecule has 1 aromatic carbocycles. The summed E-state index contributed by atoms with van der Waals surface area (Å²) in [5.74, 6) is 0.801. The van der Waals surface area contributed by atoms with E-state index in [1.807, 2.05) is 51.1 Å². The molecule has 0 aliphatic carbocycles. The molecular formula is C18H23NO. The SMILES string of the molecule is C=C(/C=C\C(C)=C/C)c1cccc2c1C(=C)NO2.CC. The van der Waals surface area contributed by atoms with Crippen LogP contribution in [0.25, 0.3) is 11.3 Å². The van der Waals surface area contributed by atoms with Crippen LogP contribution >= 0.6 is 0 Å². The highest BCUT2D eigenvalue weighted by molar-refractivity contribution is 5.85.